The molecule has 51 heavy (non-hydrogen) atoms. The summed E-state index contributed by atoms with van der Waals surface area (Å²) in [5.41, 5.74) is 1.50. The van der Waals surface area contributed by atoms with E-state index in [2.05, 4.69) is 127 Å². The van der Waals surface area contributed by atoms with E-state index < -0.39 is 30.8 Å². The molecule has 2 bridgehead atoms. The Kier molecular flexibility index (Phi) is 9.19. The third kappa shape index (κ3) is 6.20. The van der Waals surface area contributed by atoms with Crippen LogP contribution in [0.2, 0.25) is 18.1 Å². The number of sulfonamides is 1. The van der Waals surface area contributed by atoms with Crippen molar-refractivity contribution in [1.82, 2.24) is 0 Å². The van der Waals surface area contributed by atoms with Gasteiger partial charge in [0.15, 0.2) is 8.32 Å². The van der Waals surface area contributed by atoms with E-state index in [1.54, 1.807) is 0 Å². The first-order chi connectivity index (χ1) is 24.1. The van der Waals surface area contributed by atoms with Gasteiger partial charge in [-0.25, -0.2) is 8.42 Å². The molecular formula is C44H52NO3PSSi. The highest BCUT2D eigenvalue weighted by atomic mass is 32.2. The average molecular weight is 734 g/mol. The van der Waals surface area contributed by atoms with Crippen LogP contribution in [0.3, 0.4) is 0 Å². The van der Waals surface area contributed by atoms with Crippen molar-refractivity contribution in [1.29, 1.82) is 0 Å². The summed E-state index contributed by atoms with van der Waals surface area (Å²) in [5, 5.41) is 4.94. The van der Waals surface area contributed by atoms with Crippen molar-refractivity contribution in [3.63, 3.8) is 0 Å². The van der Waals surface area contributed by atoms with Crippen LogP contribution < -0.4 is 15.9 Å². The summed E-state index contributed by atoms with van der Waals surface area (Å²) in [5.74, 6) is 0.421. The fraction of sp³-hybridized carbons (Fsp3) is 0.364. The van der Waals surface area contributed by atoms with Gasteiger partial charge in [0.25, 0.3) is 10.0 Å². The first-order valence-electron chi connectivity index (χ1n) is 18.3. The zero-order valence-electron chi connectivity index (χ0n) is 31.1. The van der Waals surface area contributed by atoms with Crippen molar-refractivity contribution in [3.05, 3.63) is 127 Å². The van der Waals surface area contributed by atoms with E-state index in [0.717, 1.165) is 57.1 Å². The van der Waals surface area contributed by atoms with Crippen LogP contribution in [0.4, 0.5) is 0 Å². The van der Waals surface area contributed by atoms with Crippen molar-refractivity contribution in [2.75, 3.05) is 5.75 Å². The highest BCUT2D eigenvalue weighted by Gasteiger charge is 2.67. The van der Waals surface area contributed by atoms with Gasteiger partial charge in [0.05, 0.1) is 18.9 Å². The van der Waals surface area contributed by atoms with E-state index in [-0.39, 0.29) is 22.3 Å². The number of hydrogen-bond donors (Lipinski definition) is 0. The van der Waals surface area contributed by atoms with Gasteiger partial charge in [-0.15, -0.1) is 0 Å². The number of benzene rings is 5. The molecule has 5 aromatic carbocycles. The smallest absolute Gasteiger partial charge is 0.253 e. The Bertz CT molecular complexity index is 2210. The molecule has 7 rings (SSSR count). The Morgan fingerprint density at radius 1 is 0.765 bits per heavy atom. The van der Waals surface area contributed by atoms with Crippen LogP contribution in [0.5, 0.6) is 0 Å². The predicted octanol–water partition coefficient (Wildman–Crippen LogP) is 10.5. The van der Waals surface area contributed by atoms with Crippen LogP contribution in [-0.4, -0.2) is 28.6 Å². The summed E-state index contributed by atoms with van der Waals surface area (Å²) in [6, 6.07) is 43.6. The van der Waals surface area contributed by atoms with Gasteiger partial charge in [-0.3, -0.25) is 0 Å². The average Bonchev–Trinajstić information content (AvgIpc) is 3.45. The van der Waals surface area contributed by atoms with Gasteiger partial charge in [0.2, 0.25) is 0 Å². The number of nitrogens with zero attached hydrogens (tertiary/aromatic N) is 1. The van der Waals surface area contributed by atoms with Crippen LogP contribution in [0.1, 0.15) is 53.9 Å². The summed E-state index contributed by atoms with van der Waals surface area (Å²) in [6.45, 7) is 16.0. The molecule has 2 fully saturated rings. The maximum Gasteiger partial charge on any atom is 0.253 e. The predicted molar refractivity (Wildman–Crippen MR) is 220 cm³/mol. The molecule has 7 heteroatoms. The largest absolute Gasteiger partial charge is 0.413 e. The van der Waals surface area contributed by atoms with Crippen LogP contribution in [0.25, 0.3) is 21.9 Å². The molecule has 2 saturated carbocycles. The van der Waals surface area contributed by atoms with E-state index in [9.17, 15) is 0 Å². The van der Waals surface area contributed by atoms with E-state index >= 15 is 8.42 Å². The first kappa shape index (κ1) is 36.1. The molecule has 266 valence electrons. The maximum atomic E-state index is 15.3. The molecule has 0 spiro atoms. The molecule has 0 aromatic heterocycles. The van der Waals surface area contributed by atoms with Gasteiger partial charge in [-0.05, 0) is 70.6 Å². The van der Waals surface area contributed by atoms with Gasteiger partial charge in [-0.2, -0.15) is 4.15 Å². The molecule has 0 N–H and O–H groups in total. The minimum atomic E-state index is -4.03. The van der Waals surface area contributed by atoms with Gasteiger partial charge >= 0.3 is 0 Å². The Balaban J connectivity index is 1.47. The van der Waals surface area contributed by atoms with E-state index in [4.69, 9.17) is 8.58 Å². The molecule has 2 aliphatic carbocycles. The summed E-state index contributed by atoms with van der Waals surface area (Å²) < 4.78 is 43.3. The lowest BCUT2D eigenvalue weighted by molar-refractivity contribution is 0.0237. The molecule has 4 unspecified atom stereocenters. The van der Waals surface area contributed by atoms with E-state index in [1.807, 2.05) is 48.5 Å². The number of fused-ring (bicyclic) bond motifs is 3. The zero-order valence-corrected chi connectivity index (χ0v) is 33.8. The molecule has 4 nitrogen and oxygen atoms in total. The van der Waals surface area contributed by atoms with Crippen molar-refractivity contribution in [3.8, 4) is 11.1 Å². The topological polar surface area (TPSA) is 55.7 Å². The first-order valence-corrected chi connectivity index (χ1v) is 24.6. The lowest BCUT2D eigenvalue weighted by atomic mass is 9.70. The van der Waals surface area contributed by atoms with Crippen LogP contribution in [-0.2, 0) is 14.4 Å². The molecule has 0 saturated heterocycles. The third-order valence-electron chi connectivity index (χ3n) is 12.9. The Hall–Kier alpha value is -3.28. The number of hydrogen-bond acceptors (Lipinski definition) is 3. The fourth-order valence-corrected chi connectivity index (χ4v) is 17.2. The summed E-state index contributed by atoms with van der Waals surface area (Å²) in [7, 11) is -9.35. The summed E-state index contributed by atoms with van der Waals surface area (Å²) in [4.78, 5) is 0. The lowest BCUT2D eigenvalue weighted by Crippen LogP contribution is -2.52. The van der Waals surface area contributed by atoms with Crippen molar-refractivity contribution < 1.29 is 12.8 Å². The monoisotopic (exact) mass is 733 g/mol. The second-order valence-corrected chi connectivity index (χ2v) is 26.6. The van der Waals surface area contributed by atoms with E-state index in [1.165, 1.54) is 0 Å². The lowest BCUT2D eigenvalue weighted by Gasteiger charge is -2.47. The normalized spacial score (nSPS) is 22.9. The molecule has 0 heterocycles. The summed E-state index contributed by atoms with van der Waals surface area (Å²) >= 11 is 0. The highest BCUT2D eigenvalue weighted by molar-refractivity contribution is 7.99. The van der Waals surface area contributed by atoms with Crippen molar-refractivity contribution in [2.45, 2.75) is 78.1 Å². The summed E-state index contributed by atoms with van der Waals surface area (Å²) in [6.07, 6.45) is 2.68. The van der Waals surface area contributed by atoms with E-state index in [0.29, 0.717) is 5.92 Å². The molecule has 5 aromatic rings. The van der Waals surface area contributed by atoms with Gasteiger partial charge in [0, 0.05) is 21.3 Å². The maximum absolute atomic E-state index is 15.3. The second-order valence-electron chi connectivity index (χ2n) is 16.9. The molecule has 4 atom stereocenters. The fourth-order valence-electron chi connectivity index (χ4n) is 8.78. The minimum Gasteiger partial charge on any atom is -0.413 e. The third-order valence-corrected chi connectivity index (χ3v) is 23.4. The van der Waals surface area contributed by atoms with Crippen molar-refractivity contribution in [2.24, 2.45) is 20.9 Å². The molecule has 0 aliphatic heterocycles. The van der Waals surface area contributed by atoms with Crippen LogP contribution >= 0.6 is 7.05 Å². The standard InChI is InChI=1S/C44H52NO3PSSi/c1-42(2,3)51(6,7)48-41-31-36-29-30-44(41,43(36,4)5)32-50(46,47)45-49(37-21-12-9-13-22-37,40-24-16-20-35-19-14-15-23-39(35)40)38-27-25-34(26-28-38)33-17-10-8-11-18-33/h8-28,36,41H,29-32H2,1-7H3. The van der Waals surface area contributed by atoms with Gasteiger partial charge in [0.1, 0.15) is 0 Å². The highest BCUT2D eigenvalue weighted by Crippen LogP contribution is 2.68. The Morgan fingerprint density at radius 2 is 1.33 bits per heavy atom. The molecule has 0 amide bonds. The quantitative estimate of drug-likeness (QED) is 0.112. The number of rotatable bonds is 9. The SMILES string of the molecule is CC1(C)C2CCC1(CS(=O)(=O)N=P(c1ccccc1)(c1ccc(-c3ccccc3)cc1)c1cccc3ccccc13)C(O[Si](C)(C)C(C)(C)C)C2. The molecule has 0 radical (unpaired) electrons. The van der Waals surface area contributed by atoms with Crippen LogP contribution in [0.15, 0.2) is 132 Å². The minimum absolute atomic E-state index is 0.00968. The Morgan fingerprint density at radius 3 is 1.98 bits per heavy atom. The molecule has 2 aliphatic rings. The van der Waals surface area contributed by atoms with Gasteiger partial charge < -0.3 is 4.43 Å². The zero-order chi connectivity index (χ0) is 36.3. The Labute approximate surface area is 306 Å². The van der Waals surface area contributed by atoms with Crippen LogP contribution in [0, 0.1) is 16.7 Å². The second kappa shape index (κ2) is 13.0. The van der Waals surface area contributed by atoms with Crippen molar-refractivity contribution >= 4 is 52.1 Å². The van der Waals surface area contributed by atoms with Gasteiger partial charge in [-0.1, -0.05) is 162 Å². The molecular weight excluding hydrogens is 682 g/mol.